The van der Waals surface area contributed by atoms with E-state index >= 15 is 0 Å². The van der Waals surface area contributed by atoms with Gasteiger partial charge in [-0.25, -0.2) is 26.4 Å². The van der Waals surface area contributed by atoms with Crippen LogP contribution < -0.4 is 4.72 Å². The highest BCUT2D eigenvalue weighted by atomic mass is 79.9. The van der Waals surface area contributed by atoms with Crippen molar-refractivity contribution >= 4 is 42.1 Å². The molecule has 5 rings (SSSR count). The van der Waals surface area contributed by atoms with Crippen LogP contribution in [0.1, 0.15) is 38.3 Å². The van der Waals surface area contributed by atoms with Gasteiger partial charge in [0, 0.05) is 36.7 Å². The van der Waals surface area contributed by atoms with Crippen molar-refractivity contribution in [2.24, 2.45) is 0 Å². The highest BCUT2D eigenvalue weighted by Gasteiger charge is 2.39. The van der Waals surface area contributed by atoms with Gasteiger partial charge in [0.25, 0.3) is 0 Å². The van der Waals surface area contributed by atoms with Crippen LogP contribution in [0.4, 0.5) is 4.79 Å². The number of carbonyl (C=O) groups excluding carboxylic acids is 1. The molecule has 16 heteroatoms. The van der Waals surface area contributed by atoms with Gasteiger partial charge in [-0.15, -0.1) is 10.2 Å². The summed E-state index contributed by atoms with van der Waals surface area (Å²) in [5.41, 5.74) is 0.624. The fraction of sp³-hybridized carbons (Fsp3) is 0.333. The topological polar surface area (TPSA) is 168 Å². The first-order chi connectivity index (χ1) is 21.7. The number of nitrogens with one attached hydrogen (secondary N) is 2. The van der Waals surface area contributed by atoms with Gasteiger partial charge < -0.3 is 9.64 Å². The van der Waals surface area contributed by atoms with Crippen LogP contribution in [0.5, 0.6) is 0 Å². The van der Waals surface area contributed by atoms with Crippen molar-refractivity contribution in [1.82, 2.24) is 34.6 Å². The van der Waals surface area contributed by atoms with E-state index in [1.165, 1.54) is 21.3 Å². The van der Waals surface area contributed by atoms with Gasteiger partial charge in [0.2, 0.25) is 25.9 Å². The molecule has 1 aliphatic rings. The van der Waals surface area contributed by atoms with Gasteiger partial charge in [-0.2, -0.15) is 9.52 Å². The van der Waals surface area contributed by atoms with Crippen molar-refractivity contribution in [2.75, 3.05) is 13.1 Å². The number of aromatic amines is 1. The Bertz CT molecular complexity index is 1850. The van der Waals surface area contributed by atoms with Gasteiger partial charge in [-0.3, -0.25) is 0 Å². The summed E-state index contributed by atoms with van der Waals surface area (Å²) in [5, 5.41) is 13.9. The number of tetrazole rings is 1. The molecule has 3 aromatic carbocycles. The number of carbonyl (C=O) groups is 1. The molecule has 1 amide bonds. The van der Waals surface area contributed by atoms with E-state index in [9.17, 15) is 21.6 Å². The predicted molar refractivity (Wildman–Crippen MR) is 173 cm³/mol. The molecule has 0 spiro atoms. The molecule has 1 aliphatic heterocycles. The maximum atomic E-state index is 14.8. The van der Waals surface area contributed by atoms with E-state index in [1.807, 2.05) is 12.1 Å². The normalized spacial score (nSPS) is 15.8. The Kier molecular flexibility index (Phi) is 9.93. The zero-order valence-corrected chi connectivity index (χ0v) is 28.6. The number of hydrogen-bond acceptors (Lipinski definition) is 9. The lowest BCUT2D eigenvalue weighted by Crippen LogP contribution is -2.41. The fourth-order valence-corrected chi connectivity index (χ4v) is 9.36. The number of hydrogen-bond donors (Lipinski definition) is 2. The number of amides is 1. The van der Waals surface area contributed by atoms with E-state index in [2.05, 4.69) is 41.3 Å². The maximum absolute atomic E-state index is 14.8. The Hall–Kier alpha value is -3.70. The summed E-state index contributed by atoms with van der Waals surface area (Å²) in [4.78, 5) is 13.1. The van der Waals surface area contributed by atoms with Crippen LogP contribution in [-0.2, 0) is 37.9 Å². The van der Waals surface area contributed by atoms with Crippen LogP contribution in [0.3, 0.4) is 0 Å². The maximum Gasteiger partial charge on any atom is 0.410 e. The molecule has 4 aromatic rings. The zero-order chi connectivity index (χ0) is 33.1. The molecule has 46 heavy (non-hydrogen) atoms. The second kappa shape index (κ2) is 13.6. The number of H-pyrrole nitrogens is 1. The highest BCUT2D eigenvalue weighted by molar-refractivity contribution is 9.10. The van der Waals surface area contributed by atoms with Crippen molar-refractivity contribution in [2.45, 2.75) is 61.7 Å². The molecule has 1 fully saturated rings. The first-order valence-corrected chi connectivity index (χ1v) is 18.1. The van der Waals surface area contributed by atoms with Crippen LogP contribution >= 0.6 is 15.9 Å². The van der Waals surface area contributed by atoms with Crippen LogP contribution in [0.15, 0.2) is 87.1 Å². The Morgan fingerprint density at radius 3 is 2.15 bits per heavy atom. The van der Waals surface area contributed by atoms with Crippen molar-refractivity contribution in [3.8, 4) is 11.4 Å². The minimum atomic E-state index is -4.59. The molecule has 1 aromatic heterocycles. The predicted octanol–water partition coefficient (Wildman–Crippen LogP) is 4.31. The molecular weight excluding hydrogens is 698 g/mol. The SMILES string of the molecule is CC(C)(C)OC(=O)N1CC[C@@H](NS(=O)(=O)c2ccc(Br)c(-c3nn[nH]n3)c2S(=O)(=O)N(Cc2ccccc2)Cc2ccccc2)C1. The Morgan fingerprint density at radius 1 is 1.00 bits per heavy atom. The van der Waals surface area contributed by atoms with E-state index in [0.29, 0.717) is 17.5 Å². The standard InChI is InChI=1S/C30H34BrN7O6S2/c1-30(2,3)44-29(39)37-17-16-23(20-37)34-45(40,41)25-15-14-24(31)26(28-32-35-36-33-28)27(25)46(42,43)38(18-21-10-6-4-7-11-21)19-22-12-8-5-9-13-22/h4-15,23,34H,16-20H2,1-3H3,(H,32,33,35,36)/t23-/m1/s1. The molecule has 13 nitrogen and oxygen atoms in total. The summed E-state index contributed by atoms with van der Waals surface area (Å²) in [6.45, 7) is 5.47. The zero-order valence-electron chi connectivity index (χ0n) is 25.4. The lowest BCUT2D eigenvalue weighted by Gasteiger charge is -2.26. The van der Waals surface area contributed by atoms with Crippen molar-refractivity contribution in [1.29, 1.82) is 0 Å². The number of sulfonamides is 2. The first-order valence-electron chi connectivity index (χ1n) is 14.4. The summed E-state index contributed by atoms with van der Waals surface area (Å²) in [7, 11) is -9.08. The second-order valence-corrected chi connectivity index (χ2v) is 16.2. The van der Waals surface area contributed by atoms with Gasteiger partial charge in [0.05, 0.1) is 5.56 Å². The molecule has 244 valence electrons. The monoisotopic (exact) mass is 731 g/mol. The number of benzene rings is 3. The van der Waals surface area contributed by atoms with E-state index in [-0.39, 0.29) is 42.0 Å². The summed E-state index contributed by atoms with van der Waals surface area (Å²) in [5.74, 6) is -0.112. The molecule has 2 N–H and O–H groups in total. The van der Waals surface area contributed by atoms with Gasteiger partial charge in [0.15, 0.2) is 0 Å². The van der Waals surface area contributed by atoms with Gasteiger partial charge in [-0.05, 0) is 71.6 Å². The summed E-state index contributed by atoms with van der Waals surface area (Å²) in [6.07, 6.45) is -0.249. The molecule has 1 atom stereocenters. The summed E-state index contributed by atoms with van der Waals surface area (Å²) >= 11 is 3.40. The average Bonchev–Trinajstić information content (AvgIpc) is 3.69. The van der Waals surface area contributed by atoms with Crippen molar-refractivity contribution < 1.29 is 26.4 Å². The highest BCUT2D eigenvalue weighted by Crippen LogP contribution is 2.39. The number of rotatable bonds is 10. The average molecular weight is 733 g/mol. The minimum absolute atomic E-state index is 0.0450. The molecule has 0 radical (unpaired) electrons. The van der Waals surface area contributed by atoms with E-state index in [0.717, 1.165) is 0 Å². The van der Waals surface area contributed by atoms with Crippen LogP contribution in [0, 0.1) is 0 Å². The number of aromatic nitrogens is 4. The lowest BCUT2D eigenvalue weighted by atomic mass is 10.2. The van der Waals surface area contributed by atoms with Gasteiger partial charge in [-0.1, -0.05) is 60.7 Å². The second-order valence-electron chi connectivity index (χ2n) is 11.8. The third-order valence-corrected chi connectivity index (χ3v) is 11.3. The Morgan fingerprint density at radius 2 is 1.61 bits per heavy atom. The molecule has 0 saturated carbocycles. The van der Waals surface area contributed by atoms with E-state index < -0.39 is 47.6 Å². The molecule has 0 aliphatic carbocycles. The number of ether oxygens (including phenoxy) is 1. The molecule has 1 saturated heterocycles. The van der Waals surface area contributed by atoms with Crippen molar-refractivity contribution in [3.63, 3.8) is 0 Å². The smallest absolute Gasteiger partial charge is 0.410 e. The Balaban J connectivity index is 1.58. The fourth-order valence-electron chi connectivity index (χ4n) is 5.04. The Labute approximate surface area is 276 Å². The van der Waals surface area contributed by atoms with Crippen molar-refractivity contribution in [3.05, 3.63) is 88.4 Å². The minimum Gasteiger partial charge on any atom is -0.444 e. The number of likely N-dealkylation sites (tertiary alicyclic amines) is 1. The van der Waals surface area contributed by atoms with Gasteiger partial charge in [0.1, 0.15) is 15.4 Å². The third kappa shape index (κ3) is 7.81. The lowest BCUT2D eigenvalue weighted by molar-refractivity contribution is 0.0292. The van der Waals surface area contributed by atoms with Crippen LogP contribution in [-0.4, -0.2) is 77.5 Å². The summed E-state index contributed by atoms with van der Waals surface area (Å²) < 4.78 is 67.5. The molecule has 2 heterocycles. The molecule has 0 bridgehead atoms. The van der Waals surface area contributed by atoms with Crippen LogP contribution in [0.2, 0.25) is 0 Å². The molecular formula is C30H34BrN7O6S2. The first kappa shape index (κ1) is 33.7. The largest absolute Gasteiger partial charge is 0.444 e. The summed E-state index contributed by atoms with van der Waals surface area (Å²) in [6, 6.07) is 20.0. The van der Waals surface area contributed by atoms with Crippen LogP contribution in [0.25, 0.3) is 11.4 Å². The van der Waals surface area contributed by atoms with E-state index in [1.54, 1.807) is 69.3 Å². The third-order valence-electron chi connectivity index (χ3n) is 7.09. The number of nitrogens with zero attached hydrogens (tertiary/aromatic N) is 5. The number of halogens is 1. The van der Waals surface area contributed by atoms with Gasteiger partial charge >= 0.3 is 6.09 Å². The quantitative estimate of drug-likeness (QED) is 0.242. The van der Waals surface area contributed by atoms with E-state index in [4.69, 9.17) is 4.74 Å². The molecule has 0 unspecified atom stereocenters.